The molecule has 9 heteroatoms. The number of ether oxygens (including phenoxy) is 2. The second-order valence-corrected chi connectivity index (χ2v) is 8.37. The molecule has 2 aromatic rings. The van der Waals surface area contributed by atoms with Gasteiger partial charge in [-0.1, -0.05) is 13.0 Å². The van der Waals surface area contributed by atoms with Gasteiger partial charge in [-0.3, -0.25) is 4.79 Å². The Morgan fingerprint density at radius 3 is 2.45 bits per heavy atom. The molecular formula is C20H25FN2O5S. The van der Waals surface area contributed by atoms with E-state index < -0.39 is 21.7 Å². The van der Waals surface area contributed by atoms with Crippen LogP contribution in [0.15, 0.2) is 47.4 Å². The maximum Gasteiger partial charge on any atom is 0.243 e. The molecule has 7 nitrogen and oxygen atoms in total. The quantitative estimate of drug-likeness (QED) is 0.634. The van der Waals surface area contributed by atoms with Gasteiger partial charge in [-0.05, 0) is 48.4 Å². The van der Waals surface area contributed by atoms with Gasteiger partial charge >= 0.3 is 0 Å². The highest BCUT2D eigenvalue weighted by Crippen LogP contribution is 2.28. The summed E-state index contributed by atoms with van der Waals surface area (Å²) < 4.78 is 49.7. The van der Waals surface area contributed by atoms with Crippen molar-refractivity contribution in [1.82, 2.24) is 9.62 Å². The van der Waals surface area contributed by atoms with E-state index in [0.717, 1.165) is 40.6 Å². The largest absolute Gasteiger partial charge is 0.493 e. The molecule has 0 spiro atoms. The van der Waals surface area contributed by atoms with Crippen LogP contribution in [0.2, 0.25) is 0 Å². The first-order valence-corrected chi connectivity index (χ1v) is 10.5. The van der Waals surface area contributed by atoms with Gasteiger partial charge in [-0.2, -0.15) is 4.31 Å². The topological polar surface area (TPSA) is 84.9 Å². The van der Waals surface area contributed by atoms with Crippen molar-refractivity contribution in [2.75, 3.05) is 27.3 Å². The SMILES string of the molecule is CCCOc1ccc(CNC(=O)CN(C)S(=O)(=O)c2ccc(F)cc2)cc1OC. The van der Waals surface area contributed by atoms with Crippen molar-refractivity contribution in [2.24, 2.45) is 0 Å². The van der Waals surface area contributed by atoms with Gasteiger partial charge in [0.25, 0.3) is 0 Å². The van der Waals surface area contributed by atoms with Crippen LogP contribution in [-0.4, -0.2) is 45.9 Å². The van der Waals surface area contributed by atoms with Gasteiger partial charge in [0.05, 0.1) is 25.2 Å². The van der Waals surface area contributed by atoms with E-state index in [0.29, 0.717) is 18.1 Å². The molecule has 0 saturated heterocycles. The van der Waals surface area contributed by atoms with Crippen molar-refractivity contribution in [3.05, 3.63) is 53.8 Å². The Kier molecular flexibility index (Phi) is 7.98. The number of carbonyl (C=O) groups is 1. The summed E-state index contributed by atoms with van der Waals surface area (Å²) in [6.45, 7) is 2.41. The lowest BCUT2D eigenvalue weighted by Gasteiger charge is -2.17. The first-order valence-electron chi connectivity index (χ1n) is 9.06. The molecule has 2 rings (SSSR count). The summed E-state index contributed by atoms with van der Waals surface area (Å²) in [7, 11) is -1.06. The Morgan fingerprint density at radius 1 is 1.14 bits per heavy atom. The number of halogens is 1. The zero-order valence-corrected chi connectivity index (χ0v) is 17.5. The van der Waals surface area contributed by atoms with Gasteiger partial charge in [-0.25, -0.2) is 12.8 Å². The van der Waals surface area contributed by atoms with Crippen molar-refractivity contribution in [1.29, 1.82) is 0 Å². The van der Waals surface area contributed by atoms with Crippen LogP contribution in [-0.2, 0) is 21.4 Å². The van der Waals surface area contributed by atoms with E-state index in [1.165, 1.54) is 14.2 Å². The minimum absolute atomic E-state index is 0.0818. The highest BCUT2D eigenvalue weighted by Gasteiger charge is 2.22. The van der Waals surface area contributed by atoms with Crippen LogP contribution in [0.5, 0.6) is 11.5 Å². The van der Waals surface area contributed by atoms with Gasteiger partial charge < -0.3 is 14.8 Å². The van der Waals surface area contributed by atoms with E-state index in [1.807, 2.05) is 6.92 Å². The number of likely N-dealkylation sites (N-methyl/N-ethyl adjacent to an activating group) is 1. The molecule has 1 N–H and O–H groups in total. The fraction of sp³-hybridized carbons (Fsp3) is 0.350. The summed E-state index contributed by atoms with van der Waals surface area (Å²) in [5, 5.41) is 2.68. The van der Waals surface area contributed by atoms with Crippen LogP contribution in [0, 0.1) is 5.82 Å². The maximum atomic E-state index is 13.0. The monoisotopic (exact) mass is 424 g/mol. The zero-order chi connectivity index (χ0) is 21.4. The predicted molar refractivity (Wildman–Crippen MR) is 107 cm³/mol. The third-order valence-electron chi connectivity index (χ3n) is 4.07. The summed E-state index contributed by atoms with van der Waals surface area (Å²) in [6.07, 6.45) is 0.870. The minimum Gasteiger partial charge on any atom is -0.493 e. The lowest BCUT2D eigenvalue weighted by atomic mass is 10.2. The summed E-state index contributed by atoms with van der Waals surface area (Å²) in [5.74, 6) is 0.171. The van der Waals surface area contributed by atoms with Crippen LogP contribution in [0.1, 0.15) is 18.9 Å². The molecule has 0 aliphatic rings. The molecule has 0 aliphatic heterocycles. The first kappa shape index (κ1) is 22.6. The Labute approximate surface area is 170 Å². The molecule has 29 heavy (non-hydrogen) atoms. The number of nitrogens with zero attached hydrogens (tertiary/aromatic N) is 1. The second-order valence-electron chi connectivity index (χ2n) is 6.33. The van der Waals surface area contributed by atoms with E-state index in [2.05, 4.69) is 5.32 Å². The summed E-state index contributed by atoms with van der Waals surface area (Å²) in [5.41, 5.74) is 0.781. The normalized spacial score (nSPS) is 11.3. The third-order valence-corrected chi connectivity index (χ3v) is 5.89. The second kappa shape index (κ2) is 10.2. The maximum absolute atomic E-state index is 13.0. The Bertz CT molecular complexity index is 932. The van der Waals surface area contributed by atoms with E-state index in [1.54, 1.807) is 18.2 Å². The van der Waals surface area contributed by atoms with Crippen molar-refractivity contribution in [2.45, 2.75) is 24.8 Å². The van der Waals surface area contributed by atoms with Gasteiger partial charge in [0.2, 0.25) is 15.9 Å². The van der Waals surface area contributed by atoms with Crippen molar-refractivity contribution in [3.63, 3.8) is 0 Å². The Balaban J connectivity index is 1.96. The molecule has 0 aromatic heterocycles. The summed E-state index contributed by atoms with van der Waals surface area (Å²) in [4.78, 5) is 12.1. The molecule has 0 bridgehead atoms. The highest BCUT2D eigenvalue weighted by molar-refractivity contribution is 7.89. The predicted octanol–water partition coefficient (Wildman–Crippen LogP) is 2.56. The van der Waals surface area contributed by atoms with Gasteiger partial charge in [0, 0.05) is 13.6 Å². The smallest absolute Gasteiger partial charge is 0.243 e. The molecule has 0 fully saturated rings. The van der Waals surface area contributed by atoms with Gasteiger partial charge in [0.15, 0.2) is 11.5 Å². The number of amides is 1. The molecule has 0 saturated carbocycles. The number of hydrogen-bond acceptors (Lipinski definition) is 5. The van der Waals surface area contributed by atoms with E-state index in [9.17, 15) is 17.6 Å². The van der Waals surface area contributed by atoms with Crippen LogP contribution < -0.4 is 14.8 Å². The molecule has 0 aliphatic carbocycles. The van der Waals surface area contributed by atoms with Crippen molar-refractivity contribution >= 4 is 15.9 Å². The highest BCUT2D eigenvalue weighted by atomic mass is 32.2. The van der Waals surface area contributed by atoms with Gasteiger partial charge in [0.1, 0.15) is 5.82 Å². The number of sulfonamides is 1. The fourth-order valence-corrected chi connectivity index (χ4v) is 3.61. The van der Waals surface area contributed by atoms with E-state index >= 15 is 0 Å². The van der Waals surface area contributed by atoms with E-state index in [-0.39, 0.29) is 18.0 Å². The molecule has 0 radical (unpaired) electrons. The minimum atomic E-state index is -3.89. The number of benzene rings is 2. The molecule has 0 heterocycles. The number of carbonyl (C=O) groups excluding carboxylic acids is 1. The van der Waals surface area contributed by atoms with Crippen LogP contribution in [0.3, 0.4) is 0 Å². The molecule has 0 atom stereocenters. The number of hydrogen-bond donors (Lipinski definition) is 1. The summed E-state index contributed by atoms with van der Waals surface area (Å²) >= 11 is 0. The third kappa shape index (κ3) is 6.16. The lowest BCUT2D eigenvalue weighted by Crippen LogP contribution is -2.38. The molecular weight excluding hydrogens is 399 g/mol. The molecule has 2 aromatic carbocycles. The van der Waals surface area contributed by atoms with Crippen LogP contribution >= 0.6 is 0 Å². The van der Waals surface area contributed by atoms with Crippen LogP contribution in [0.25, 0.3) is 0 Å². The van der Waals surface area contributed by atoms with Crippen molar-refractivity contribution in [3.8, 4) is 11.5 Å². The molecule has 1 amide bonds. The first-order chi connectivity index (χ1) is 13.8. The van der Waals surface area contributed by atoms with Crippen molar-refractivity contribution < 1.29 is 27.1 Å². The Morgan fingerprint density at radius 2 is 1.83 bits per heavy atom. The average molecular weight is 424 g/mol. The zero-order valence-electron chi connectivity index (χ0n) is 16.6. The Hall–Kier alpha value is -2.65. The number of methoxy groups -OCH3 is 1. The fourth-order valence-electron chi connectivity index (χ4n) is 2.48. The number of rotatable bonds is 10. The van der Waals surface area contributed by atoms with Gasteiger partial charge in [-0.15, -0.1) is 0 Å². The average Bonchev–Trinajstić information content (AvgIpc) is 2.71. The standard InChI is InChI=1S/C20H25FN2O5S/c1-4-11-28-18-10-5-15(12-19(18)27-3)13-22-20(24)14-23(2)29(25,26)17-8-6-16(21)7-9-17/h5-10,12H,4,11,13-14H2,1-3H3,(H,22,24). The number of nitrogens with one attached hydrogen (secondary N) is 1. The van der Waals surface area contributed by atoms with Crippen LogP contribution in [0.4, 0.5) is 4.39 Å². The lowest BCUT2D eigenvalue weighted by molar-refractivity contribution is -0.121. The molecule has 158 valence electrons. The van der Waals surface area contributed by atoms with E-state index in [4.69, 9.17) is 9.47 Å². The summed E-state index contributed by atoms with van der Waals surface area (Å²) in [6, 6.07) is 9.75. The molecule has 0 unspecified atom stereocenters.